The van der Waals surface area contributed by atoms with Gasteiger partial charge in [-0.3, -0.25) is 4.79 Å². The number of hydrogen-bond donors (Lipinski definition) is 0. The molecule has 1 rings (SSSR count). The monoisotopic (exact) mass is 319 g/mol. The summed E-state index contributed by atoms with van der Waals surface area (Å²) in [5.41, 5.74) is 0. The van der Waals surface area contributed by atoms with E-state index in [1.165, 1.54) is 24.3 Å². The highest BCUT2D eigenvalue weighted by Gasteiger charge is 2.29. The van der Waals surface area contributed by atoms with Crippen molar-refractivity contribution >= 4 is 27.6 Å². The quantitative estimate of drug-likeness (QED) is 0.755. The zero-order valence-electron chi connectivity index (χ0n) is 11.7. The molecule has 0 heterocycles. The minimum atomic E-state index is -3.76. The standard InChI is InChI=1S/C13H18ClNO4S/c1-4-19-13(16)9-15(10(2)3)20(17,18)12-7-5-11(14)6-8-12/h5-8,10H,4,9H2,1-3H3. The average Bonchev–Trinajstić information content (AvgIpc) is 2.36. The molecule has 0 aliphatic rings. The number of hydrogen-bond acceptors (Lipinski definition) is 4. The molecule has 0 N–H and O–H groups in total. The van der Waals surface area contributed by atoms with Gasteiger partial charge >= 0.3 is 5.97 Å². The van der Waals surface area contributed by atoms with Gasteiger partial charge in [0.25, 0.3) is 0 Å². The molecule has 112 valence electrons. The van der Waals surface area contributed by atoms with E-state index in [1.54, 1.807) is 20.8 Å². The van der Waals surface area contributed by atoms with Crippen LogP contribution in [-0.4, -0.2) is 37.9 Å². The van der Waals surface area contributed by atoms with E-state index < -0.39 is 16.0 Å². The molecular weight excluding hydrogens is 302 g/mol. The van der Waals surface area contributed by atoms with Gasteiger partial charge < -0.3 is 4.74 Å². The predicted octanol–water partition coefficient (Wildman–Crippen LogP) is 2.30. The number of rotatable bonds is 6. The van der Waals surface area contributed by atoms with Gasteiger partial charge in [-0.05, 0) is 45.0 Å². The normalized spacial score (nSPS) is 11.9. The maximum absolute atomic E-state index is 12.5. The van der Waals surface area contributed by atoms with Crippen molar-refractivity contribution in [2.45, 2.75) is 31.7 Å². The number of benzene rings is 1. The van der Waals surface area contributed by atoms with Gasteiger partial charge in [-0.15, -0.1) is 0 Å². The van der Waals surface area contributed by atoms with Crippen LogP contribution in [0.1, 0.15) is 20.8 Å². The fourth-order valence-corrected chi connectivity index (χ4v) is 3.33. The Hall–Kier alpha value is -1.11. The number of ether oxygens (including phenoxy) is 1. The Morgan fingerprint density at radius 1 is 1.30 bits per heavy atom. The van der Waals surface area contributed by atoms with Crippen molar-refractivity contribution in [2.75, 3.05) is 13.2 Å². The Bertz CT molecular complexity index is 554. The van der Waals surface area contributed by atoms with Gasteiger partial charge in [0.1, 0.15) is 6.54 Å². The zero-order chi connectivity index (χ0) is 15.3. The van der Waals surface area contributed by atoms with E-state index in [2.05, 4.69) is 0 Å². The number of nitrogens with zero attached hydrogens (tertiary/aromatic N) is 1. The van der Waals surface area contributed by atoms with Gasteiger partial charge in [0, 0.05) is 11.1 Å². The Balaban J connectivity index is 3.06. The van der Waals surface area contributed by atoms with Gasteiger partial charge in [0.15, 0.2) is 0 Å². The molecule has 0 fully saturated rings. The summed E-state index contributed by atoms with van der Waals surface area (Å²) in [6.07, 6.45) is 0. The average molecular weight is 320 g/mol. The number of sulfonamides is 1. The third kappa shape index (κ3) is 4.19. The minimum Gasteiger partial charge on any atom is -0.465 e. The number of carbonyl (C=O) groups excluding carboxylic acids is 1. The molecule has 20 heavy (non-hydrogen) atoms. The third-order valence-corrected chi connectivity index (χ3v) is 4.87. The van der Waals surface area contributed by atoms with E-state index in [-0.39, 0.29) is 24.1 Å². The topological polar surface area (TPSA) is 63.7 Å². The first-order valence-corrected chi connectivity index (χ1v) is 8.04. The molecule has 0 saturated heterocycles. The maximum Gasteiger partial charge on any atom is 0.321 e. The molecule has 0 bridgehead atoms. The van der Waals surface area contributed by atoms with Gasteiger partial charge in [-0.25, -0.2) is 8.42 Å². The van der Waals surface area contributed by atoms with E-state index in [4.69, 9.17) is 16.3 Å². The molecule has 0 saturated carbocycles. The van der Waals surface area contributed by atoms with Crippen LogP contribution in [0.3, 0.4) is 0 Å². The lowest BCUT2D eigenvalue weighted by Crippen LogP contribution is -2.41. The number of halogens is 1. The molecule has 5 nitrogen and oxygen atoms in total. The molecular formula is C13H18ClNO4S. The summed E-state index contributed by atoms with van der Waals surface area (Å²) in [7, 11) is -3.76. The maximum atomic E-state index is 12.5. The lowest BCUT2D eigenvalue weighted by molar-refractivity contribution is -0.143. The van der Waals surface area contributed by atoms with Crippen molar-refractivity contribution < 1.29 is 17.9 Å². The fraction of sp³-hybridized carbons (Fsp3) is 0.462. The fourth-order valence-electron chi connectivity index (χ4n) is 1.62. The van der Waals surface area contributed by atoms with Crippen molar-refractivity contribution in [1.82, 2.24) is 4.31 Å². The molecule has 7 heteroatoms. The first-order chi connectivity index (χ1) is 9.28. The van der Waals surface area contributed by atoms with Gasteiger partial charge in [0.05, 0.1) is 11.5 Å². The van der Waals surface area contributed by atoms with Crippen LogP contribution in [0.4, 0.5) is 0 Å². The number of carbonyl (C=O) groups is 1. The Labute approximate surface area is 124 Å². The second-order valence-electron chi connectivity index (χ2n) is 4.40. The summed E-state index contributed by atoms with van der Waals surface area (Å²) in [5.74, 6) is -0.571. The van der Waals surface area contributed by atoms with Crippen LogP contribution in [0.25, 0.3) is 0 Å². The summed E-state index contributed by atoms with van der Waals surface area (Å²) in [6.45, 7) is 4.98. The number of esters is 1. The van der Waals surface area contributed by atoms with Crippen LogP contribution in [0.15, 0.2) is 29.2 Å². The van der Waals surface area contributed by atoms with E-state index in [9.17, 15) is 13.2 Å². The molecule has 0 atom stereocenters. The second kappa shape index (κ2) is 7.06. The largest absolute Gasteiger partial charge is 0.465 e. The zero-order valence-corrected chi connectivity index (χ0v) is 13.2. The van der Waals surface area contributed by atoms with Gasteiger partial charge in [0.2, 0.25) is 10.0 Å². The highest BCUT2D eigenvalue weighted by Crippen LogP contribution is 2.20. The van der Waals surface area contributed by atoms with Crippen molar-refractivity contribution in [3.63, 3.8) is 0 Å². The van der Waals surface area contributed by atoms with Crippen LogP contribution < -0.4 is 0 Å². The van der Waals surface area contributed by atoms with Gasteiger partial charge in [-0.2, -0.15) is 4.31 Å². The van der Waals surface area contributed by atoms with Crippen LogP contribution in [0.5, 0.6) is 0 Å². The third-order valence-electron chi connectivity index (χ3n) is 2.59. The van der Waals surface area contributed by atoms with E-state index in [0.717, 1.165) is 4.31 Å². The predicted molar refractivity (Wildman–Crippen MR) is 77.1 cm³/mol. The Morgan fingerprint density at radius 3 is 2.30 bits per heavy atom. The lowest BCUT2D eigenvalue weighted by atomic mass is 10.4. The van der Waals surface area contributed by atoms with Crippen LogP contribution >= 0.6 is 11.6 Å². The SMILES string of the molecule is CCOC(=O)CN(C(C)C)S(=O)(=O)c1ccc(Cl)cc1. The first kappa shape index (κ1) is 16.9. The van der Waals surface area contributed by atoms with Crippen LogP contribution in [0.2, 0.25) is 5.02 Å². The van der Waals surface area contributed by atoms with Crippen LogP contribution in [-0.2, 0) is 19.6 Å². The van der Waals surface area contributed by atoms with E-state index in [0.29, 0.717) is 5.02 Å². The summed E-state index contributed by atoms with van der Waals surface area (Å²) < 4.78 is 30.9. The molecule has 0 aliphatic carbocycles. The molecule has 0 amide bonds. The summed E-state index contributed by atoms with van der Waals surface area (Å²) in [4.78, 5) is 11.6. The Morgan fingerprint density at radius 2 is 1.85 bits per heavy atom. The Kier molecular flexibility index (Phi) is 5.98. The smallest absolute Gasteiger partial charge is 0.321 e. The van der Waals surface area contributed by atoms with Crippen molar-refractivity contribution in [1.29, 1.82) is 0 Å². The summed E-state index contributed by atoms with van der Waals surface area (Å²) in [5, 5.41) is 0.449. The highest BCUT2D eigenvalue weighted by molar-refractivity contribution is 7.89. The van der Waals surface area contributed by atoms with Crippen molar-refractivity contribution in [3.05, 3.63) is 29.3 Å². The van der Waals surface area contributed by atoms with Crippen molar-refractivity contribution in [2.24, 2.45) is 0 Å². The van der Waals surface area contributed by atoms with E-state index in [1.807, 2.05) is 0 Å². The minimum absolute atomic E-state index is 0.0971. The molecule has 0 radical (unpaired) electrons. The van der Waals surface area contributed by atoms with Crippen LogP contribution in [0, 0.1) is 0 Å². The van der Waals surface area contributed by atoms with Crippen molar-refractivity contribution in [3.8, 4) is 0 Å². The molecule has 0 aliphatic heterocycles. The van der Waals surface area contributed by atoms with E-state index >= 15 is 0 Å². The summed E-state index contributed by atoms with van der Waals surface area (Å²) in [6, 6.07) is 5.46. The highest BCUT2D eigenvalue weighted by atomic mass is 35.5. The summed E-state index contributed by atoms with van der Waals surface area (Å²) >= 11 is 5.75. The molecule has 1 aromatic carbocycles. The first-order valence-electron chi connectivity index (χ1n) is 6.22. The lowest BCUT2D eigenvalue weighted by Gasteiger charge is -2.24. The molecule has 0 spiro atoms. The molecule has 0 aromatic heterocycles. The second-order valence-corrected chi connectivity index (χ2v) is 6.73. The molecule has 0 unspecified atom stereocenters. The molecule has 1 aromatic rings. The van der Waals surface area contributed by atoms with Gasteiger partial charge in [-0.1, -0.05) is 11.6 Å².